The summed E-state index contributed by atoms with van der Waals surface area (Å²) in [7, 11) is 0. The van der Waals surface area contributed by atoms with E-state index in [9.17, 15) is 15.3 Å². The maximum Gasteiger partial charge on any atom is 0.122 e. The van der Waals surface area contributed by atoms with E-state index in [2.05, 4.69) is 47.6 Å². The van der Waals surface area contributed by atoms with Gasteiger partial charge in [0.05, 0.1) is 0 Å². The smallest absolute Gasteiger partial charge is 0.122 e. The Morgan fingerprint density at radius 1 is 0.750 bits per heavy atom. The Kier molecular flexibility index (Phi) is 4.58. The molecule has 3 heteroatoms. The van der Waals surface area contributed by atoms with Gasteiger partial charge in [-0.1, -0.05) is 53.7 Å². The molecule has 3 nitrogen and oxygen atoms in total. The molecule has 0 aliphatic heterocycles. The summed E-state index contributed by atoms with van der Waals surface area (Å²) in [5, 5.41) is 30.5. The highest BCUT2D eigenvalue weighted by molar-refractivity contribution is 5.52. The van der Waals surface area contributed by atoms with E-state index in [4.69, 9.17) is 0 Å². The Labute approximate surface area is 144 Å². The Morgan fingerprint density at radius 2 is 1.38 bits per heavy atom. The van der Waals surface area contributed by atoms with E-state index in [1.54, 1.807) is 0 Å². The fraction of sp³-hybridized carbons (Fsp3) is 0.429. The van der Waals surface area contributed by atoms with Crippen LogP contribution in [0.5, 0.6) is 17.2 Å². The summed E-state index contributed by atoms with van der Waals surface area (Å²) in [6, 6.07) is 8.52. The van der Waals surface area contributed by atoms with Crippen molar-refractivity contribution in [3.8, 4) is 17.2 Å². The number of phenolic OH excluding ortho intramolecular Hbond substituents is 3. The summed E-state index contributed by atoms with van der Waals surface area (Å²) in [6.07, 6.45) is 0.360. The average molecular weight is 328 g/mol. The van der Waals surface area contributed by atoms with Gasteiger partial charge in [-0.3, -0.25) is 0 Å². The third-order valence-electron chi connectivity index (χ3n) is 4.31. The van der Waals surface area contributed by atoms with Crippen molar-refractivity contribution in [2.75, 3.05) is 0 Å². The SMILES string of the molecule is CC(C)(C)c1cc(Cc2cc(O)ccc2O)c(O)c(C(C)(C)C)c1. The average Bonchev–Trinajstić information content (AvgIpc) is 2.42. The van der Waals surface area contributed by atoms with Gasteiger partial charge in [0.15, 0.2) is 0 Å². The van der Waals surface area contributed by atoms with Crippen molar-refractivity contribution in [1.29, 1.82) is 0 Å². The predicted molar refractivity (Wildman–Crippen MR) is 98.1 cm³/mol. The van der Waals surface area contributed by atoms with Crippen molar-refractivity contribution in [2.24, 2.45) is 0 Å². The van der Waals surface area contributed by atoms with Crippen LogP contribution in [-0.2, 0) is 17.3 Å². The van der Waals surface area contributed by atoms with Gasteiger partial charge >= 0.3 is 0 Å². The quantitative estimate of drug-likeness (QED) is 0.681. The molecule has 0 saturated carbocycles. The van der Waals surface area contributed by atoms with E-state index >= 15 is 0 Å². The van der Waals surface area contributed by atoms with Gasteiger partial charge in [0.1, 0.15) is 17.2 Å². The van der Waals surface area contributed by atoms with E-state index in [0.717, 1.165) is 16.7 Å². The maximum absolute atomic E-state index is 10.8. The first-order valence-corrected chi connectivity index (χ1v) is 8.27. The maximum atomic E-state index is 10.8. The number of phenols is 3. The lowest BCUT2D eigenvalue weighted by molar-refractivity contribution is 0.437. The van der Waals surface area contributed by atoms with Crippen LogP contribution < -0.4 is 0 Å². The minimum Gasteiger partial charge on any atom is -0.508 e. The predicted octanol–water partition coefficient (Wildman–Crippen LogP) is 4.99. The topological polar surface area (TPSA) is 60.7 Å². The lowest BCUT2D eigenvalue weighted by atomic mass is 9.78. The van der Waals surface area contributed by atoms with E-state index in [0.29, 0.717) is 12.0 Å². The van der Waals surface area contributed by atoms with Crippen LogP contribution in [0.3, 0.4) is 0 Å². The Hall–Kier alpha value is -2.16. The van der Waals surface area contributed by atoms with Gasteiger partial charge in [0, 0.05) is 12.0 Å². The molecule has 0 saturated heterocycles. The molecule has 0 fully saturated rings. The summed E-state index contributed by atoms with van der Waals surface area (Å²) in [6.45, 7) is 12.6. The minimum absolute atomic E-state index is 0.0523. The van der Waals surface area contributed by atoms with Crippen LogP contribution in [0.4, 0.5) is 0 Å². The fourth-order valence-corrected chi connectivity index (χ4v) is 2.75. The van der Waals surface area contributed by atoms with Crippen molar-refractivity contribution < 1.29 is 15.3 Å². The lowest BCUT2D eigenvalue weighted by Crippen LogP contribution is -2.17. The summed E-state index contributed by atoms with van der Waals surface area (Å²) in [5.74, 6) is 0.481. The molecule has 0 aliphatic rings. The number of aromatic hydroxyl groups is 3. The van der Waals surface area contributed by atoms with Crippen LogP contribution in [0, 0.1) is 0 Å². The Bertz CT molecular complexity index is 747. The van der Waals surface area contributed by atoms with Crippen LogP contribution in [-0.4, -0.2) is 15.3 Å². The zero-order valence-corrected chi connectivity index (χ0v) is 15.4. The zero-order chi connectivity index (χ0) is 18.3. The normalized spacial score (nSPS) is 12.4. The van der Waals surface area contributed by atoms with Crippen LogP contribution in [0.2, 0.25) is 0 Å². The molecule has 3 N–H and O–H groups in total. The van der Waals surface area contributed by atoms with Crippen LogP contribution in [0.15, 0.2) is 30.3 Å². The molecular weight excluding hydrogens is 300 g/mol. The molecule has 0 bridgehead atoms. The first-order chi connectivity index (χ1) is 10.9. The highest BCUT2D eigenvalue weighted by Gasteiger charge is 2.25. The Morgan fingerprint density at radius 3 is 1.92 bits per heavy atom. The second-order valence-electron chi connectivity index (χ2n) is 8.52. The van der Waals surface area contributed by atoms with Crippen LogP contribution >= 0.6 is 0 Å². The van der Waals surface area contributed by atoms with Crippen molar-refractivity contribution in [3.63, 3.8) is 0 Å². The molecule has 0 heterocycles. The van der Waals surface area contributed by atoms with Crippen molar-refractivity contribution >= 4 is 0 Å². The third-order valence-corrected chi connectivity index (χ3v) is 4.31. The molecule has 0 aliphatic carbocycles. The summed E-state index contributed by atoms with van der Waals surface area (Å²) in [4.78, 5) is 0. The van der Waals surface area contributed by atoms with Gasteiger partial charge in [-0.05, 0) is 45.7 Å². The monoisotopic (exact) mass is 328 g/mol. The van der Waals surface area contributed by atoms with Crippen molar-refractivity contribution in [3.05, 3.63) is 52.6 Å². The summed E-state index contributed by atoms with van der Waals surface area (Å²) >= 11 is 0. The van der Waals surface area contributed by atoms with Crippen molar-refractivity contribution in [2.45, 2.75) is 58.8 Å². The first kappa shape index (κ1) is 18.2. The molecule has 0 spiro atoms. The number of benzene rings is 2. The fourth-order valence-electron chi connectivity index (χ4n) is 2.75. The molecule has 130 valence electrons. The largest absolute Gasteiger partial charge is 0.508 e. The summed E-state index contributed by atoms with van der Waals surface area (Å²) in [5.41, 5.74) is 3.14. The lowest BCUT2D eigenvalue weighted by Gasteiger charge is -2.27. The number of hydrogen-bond donors (Lipinski definition) is 3. The second-order valence-corrected chi connectivity index (χ2v) is 8.52. The van der Waals surface area contributed by atoms with Crippen LogP contribution in [0.25, 0.3) is 0 Å². The molecule has 0 unspecified atom stereocenters. The van der Waals surface area contributed by atoms with Gasteiger partial charge in [-0.2, -0.15) is 0 Å². The van der Waals surface area contributed by atoms with E-state index in [1.165, 1.54) is 18.2 Å². The van der Waals surface area contributed by atoms with Crippen molar-refractivity contribution in [1.82, 2.24) is 0 Å². The molecule has 24 heavy (non-hydrogen) atoms. The molecule has 2 aromatic carbocycles. The highest BCUT2D eigenvalue weighted by Crippen LogP contribution is 2.39. The standard InChI is InChI=1S/C21H28O3/c1-20(2,3)15-10-14(19(24)17(12-15)21(4,5)6)9-13-11-16(22)7-8-18(13)23/h7-8,10-12,22-24H,9H2,1-6H3. The van der Waals surface area contributed by atoms with Gasteiger partial charge in [0.2, 0.25) is 0 Å². The molecule has 2 rings (SSSR count). The molecule has 0 atom stereocenters. The first-order valence-electron chi connectivity index (χ1n) is 8.27. The third kappa shape index (κ3) is 3.84. The molecular formula is C21H28O3. The molecule has 0 amide bonds. The van der Waals surface area contributed by atoms with Gasteiger partial charge in [-0.25, -0.2) is 0 Å². The Balaban J connectivity index is 2.62. The van der Waals surface area contributed by atoms with Crippen LogP contribution in [0.1, 0.15) is 63.8 Å². The summed E-state index contributed by atoms with van der Waals surface area (Å²) < 4.78 is 0. The number of rotatable bonds is 2. The van der Waals surface area contributed by atoms with E-state index in [-0.39, 0.29) is 28.1 Å². The zero-order valence-electron chi connectivity index (χ0n) is 15.4. The van der Waals surface area contributed by atoms with E-state index in [1.807, 2.05) is 6.07 Å². The van der Waals surface area contributed by atoms with E-state index < -0.39 is 0 Å². The molecule has 2 aromatic rings. The highest BCUT2D eigenvalue weighted by atomic mass is 16.3. The minimum atomic E-state index is -0.193. The van der Waals surface area contributed by atoms with Gasteiger partial charge < -0.3 is 15.3 Å². The second kappa shape index (κ2) is 6.04. The molecule has 0 aromatic heterocycles. The molecule has 0 radical (unpaired) electrons. The number of hydrogen-bond acceptors (Lipinski definition) is 3. The van der Waals surface area contributed by atoms with Gasteiger partial charge in [-0.15, -0.1) is 0 Å². The van der Waals surface area contributed by atoms with Gasteiger partial charge in [0.25, 0.3) is 0 Å².